The van der Waals surface area contributed by atoms with E-state index in [1.165, 1.54) is 0 Å². The lowest BCUT2D eigenvalue weighted by molar-refractivity contribution is 0.415. The SMILES string of the molecule is COc1ccc2c(=O)nc(-c3cccnc3)[nH]c2c1. The van der Waals surface area contributed by atoms with Crippen LogP contribution in [0.4, 0.5) is 0 Å². The Balaban J connectivity index is 2.26. The van der Waals surface area contributed by atoms with E-state index in [0.29, 0.717) is 22.5 Å². The maximum atomic E-state index is 12.0. The van der Waals surface area contributed by atoms with Crippen molar-refractivity contribution in [2.75, 3.05) is 7.11 Å². The molecule has 19 heavy (non-hydrogen) atoms. The maximum absolute atomic E-state index is 12.0. The lowest BCUT2D eigenvalue weighted by atomic mass is 10.2. The van der Waals surface area contributed by atoms with Gasteiger partial charge in [-0.15, -0.1) is 0 Å². The van der Waals surface area contributed by atoms with Crippen molar-refractivity contribution in [3.63, 3.8) is 0 Å². The van der Waals surface area contributed by atoms with Crippen LogP contribution in [0.2, 0.25) is 0 Å². The van der Waals surface area contributed by atoms with Gasteiger partial charge in [0.1, 0.15) is 11.6 Å². The van der Waals surface area contributed by atoms with Gasteiger partial charge in [-0.25, -0.2) is 0 Å². The number of pyridine rings is 1. The van der Waals surface area contributed by atoms with Crippen molar-refractivity contribution in [1.82, 2.24) is 15.0 Å². The number of aromatic nitrogens is 3. The Morgan fingerprint density at radius 2 is 2.16 bits per heavy atom. The molecule has 0 saturated heterocycles. The van der Waals surface area contributed by atoms with Gasteiger partial charge in [-0.05, 0) is 24.3 Å². The van der Waals surface area contributed by atoms with Crippen molar-refractivity contribution in [3.05, 3.63) is 53.1 Å². The van der Waals surface area contributed by atoms with E-state index >= 15 is 0 Å². The van der Waals surface area contributed by atoms with E-state index < -0.39 is 0 Å². The predicted octanol–water partition coefficient (Wildman–Crippen LogP) is 1.99. The van der Waals surface area contributed by atoms with Crippen molar-refractivity contribution in [1.29, 1.82) is 0 Å². The molecule has 0 spiro atoms. The van der Waals surface area contributed by atoms with Crippen molar-refractivity contribution in [2.45, 2.75) is 0 Å². The number of hydrogen-bond acceptors (Lipinski definition) is 4. The fraction of sp³-hybridized carbons (Fsp3) is 0.0714. The molecule has 5 heteroatoms. The summed E-state index contributed by atoms with van der Waals surface area (Å²) in [6, 6.07) is 8.86. The first kappa shape index (κ1) is 11.4. The van der Waals surface area contributed by atoms with Crippen LogP contribution in [0.25, 0.3) is 22.3 Å². The number of rotatable bonds is 2. The standard InChI is InChI=1S/C14H11N3O2/c1-19-10-4-5-11-12(7-10)16-13(17-14(11)18)9-3-2-6-15-8-9/h2-8H,1H3,(H,16,17,18). The minimum absolute atomic E-state index is 0.268. The lowest BCUT2D eigenvalue weighted by Gasteiger charge is -2.05. The molecule has 1 N–H and O–H groups in total. The third-order valence-corrected chi connectivity index (χ3v) is 2.86. The van der Waals surface area contributed by atoms with Crippen LogP contribution in [-0.4, -0.2) is 22.1 Å². The molecule has 0 aliphatic rings. The third kappa shape index (κ3) is 2.06. The van der Waals surface area contributed by atoms with Crippen LogP contribution >= 0.6 is 0 Å². The van der Waals surface area contributed by atoms with Gasteiger partial charge in [-0.1, -0.05) is 0 Å². The highest BCUT2D eigenvalue weighted by Gasteiger charge is 2.06. The third-order valence-electron chi connectivity index (χ3n) is 2.86. The highest BCUT2D eigenvalue weighted by molar-refractivity contribution is 5.80. The van der Waals surface area contributed by atoms with Gasteiger partial charge in [0, 0.05) is 24.0 Å². The molecule has 0 bridgehead atoms. The average Bonchev–Trinajstić information content (AvgIpc) is 2.47. The van der Waals surface area contributed by atoms with E-state index in [1.54, 1.807) is 43.8 Å². The molecule has 0 fully saturated rings. The molecule has 0 atom stereocenters. The molecule has 3 aromatic rings. The second kappa shape index (κ2) is 4.53. The minimum Gasteiger partial charge on any atom is -0.497 e. The van der Waals surface area contributed by atoms with Gasteiger partial charge in [-0.2, -0.15) is 4.98 Å². The summed E-state index contributed by atoms with van der Waals surface area (Å²) >= 11 is 0. The van der Waals surface area contributed by atoms with Crippen molar-refractivity contribution in [2.24, 2.45) is 0 Å². The molecule has 0 radical (unpaired) electrons. The summed E-state index contributed by atoms with van der Waals surface area (Å²) in [5.74, 6) is 1.19. The summed E-state index contributed by atoms with van der Waals surface area (Å²) in [5, 5.41) is 0.536. The Morgan fingerprint density at radius 1 is 1.26 bits per heavy atom. The Labute approximate surface area is 108 Å². The van der Waals surface area contributed by atoms with Gasteiger partial charge in [0.15, 0.2) is 0 Å². The summed E-state index contributed by atoms with van der Waals surface area (Å²) in [4.78, 5) is 23.2. The predicted molar refractivity (Wildman–Crippen MR) is 72.1 cm³/mol. The number of fused-ring (bicyclic) bond motifs is 1. The van der Waals surface area contributed by atoms with Gasteiger partial charge < -0.3 is 9.72 Å². The molecule has 5 nitrogen and oxygen atoms in total. The highest BCUT2D eigenvalue weighted by atomic mass is 16.5. The molecule has 3 rings (SSSR count). The zero-order valence-electron chi connectivity index (χ0n) is 10.3. The summed E-state index contributed by atoms with van der Waals surface area (Å²) in [7, 11) is 1.59. The first-order chi connectivity index (χ1) is 9.28. The monoisotopic (exact) mass is 253 g/mol. The number of ether oxygens (including phenoxy) is 1. The molecule has 0 unspecified atom stereocenters. The number of nitrogens with one attached hydrogen (secondary N) is 1. The molecular weight excluding hydrogens is 242 g/mol. The van der Waals surface area contributed by atoms with Gasteiger partial charge in [0.25, 0.3) is 5.56 Å². The quantitative estimate of drug-likeness (QED) is 0.758. The first-order valence-corrected chi connectivity index (χ1v) is 5.76. The minimum atomic E-state index is -0.268. The van der Waals surface area contributed by atoms with Crippen LogP contribution in [0.3, 0.4) is 0 Å². The van der Waals surface area contributed by atoms with E-state index in [2.05, 4.69) is 15.0 Å². The number of nitrogens with zero attached hydrogens (tertiary/aromatic N) is 2. The van der Waals surface area contributed by atoms with Gasteiger partial charge in [0.2, 0.25) is 0 Å². The van der Waals surface area contributed by atoms with Gasteiger partial charge in [-0.3, -0.25) is 9.78 Å². The van der Waals surface area contributed by atoms with Crippen molar-refractivity contribution in [3.8, 4) is 17.1 Å². The number of benzene rings is 1. The maximum Gasteiger partial charge on any atom is 0.281 e. The Bertz CT molecular complexity index is 782. The molecule has 0 aliphatic heterocycles. The van der Waals surface area contributed by atoms with Crippen LogP contribution in [0, 0.1) is 0 Å². The molecule has 0 saturated carbocycles. The van der Waals surface area contributed by atoms with Crippen LogP contribution < -0.4 is 10.3 Å². The fourth-order valence-corrected chi connectivity index (χ4v) is 1.90. The van der Waals surface area contributed by atoms with Gasteiger partial charge >= 0.3 is 0 Å². The van der Waals surface area contributed by atoms with Crippen LogP contribution in [-0.2, 0) is 0 Å². The van der Waals surface area contributed by atoms with Crippen molar-refractivity contribution < 1.29 is 4.74 Å². The number of aromatic amines is 1. The fourth-order valence-electron chi connectivity index (χ4n) is 1.90. The number of methoxy groups -OCH3 is 1. The molecular formula is C14H11N3O2. The Kier molecular flexibility index (Phi) is 2.72. The molecule has 2 aromatic heterocycles. The largest absolute Gasteiger partial charge is 0.497 e. The summed E-state index contributed by atoms with van der Waals surface area (Å²) in [5.41, 5.74) is 1.19. The summed E-state index contributed by atoms with van der Waals surface area (Å²) < 4.78 is 5.15. The molecule has 2 heterocycles. The average molecular weight is 253 g/mol. The molecule has 0 aliphatic carbocycles. The van der Waals surface area contributed by atoms with Crippen molar-refractivity contribution >= 4 is 10.9 Å². The van der Waals surface area contributed by atoms with E-state index in [-0.39, 0.29) is 5.56 Å². The number of hydrogen-bond donors (Lipinski definition) is 1. The Morgan fingerprint density at radius 3 is 2.89 bits per heavy atom. The van der Waals surface area contributed by atoms with Crippen LogP contribution in [0.15, 0.2) is 47.5 Å². The molecule has 0 amide bonds. The van der Waals surface area contributed by atoms with E-state index in [4.69, 9.17) is 4.74 Å². The molecule has 1 aromatic carbocycles. The second-order valence-corrected chi connectivity index (χ2v) is 4.04. The van der Waals surface area contributed by atoms with Crippen LogP contribution in [0.5, 0.6) is 5.75 Å². The van der Waals surface area contributed by atoms with E-state index in [1.807, 2.05) is 6.07 Å². The zero-order chi connectivity index (χ0) is 13.2. The van der Waals surface area contributed by atoms with E-state index in [9.17, 15) is 4.79 Å². The zero-order valence-corrected chi connectivity index (χ0v) is 10.3. The second-order valence-electron chi connectivity index (χ2n) is 4.04. The lowest BCUT2D eigenvalue weighted by Crippen LogP contribution is -2.09. The summed E-state index contributed by atoms with van der Waals surface area (Å²) in [6.07, 6.45) is 3.33. The highest BCUT2D eigenvalue weighted by Crippen LogP contribution is 2.19. The number of H-pyrrole nitrogens is 1. The smallest absolute Gasteiger partial charge is 0.281 e. The Hall–Kier alpha value is -2.69. The first-order valence-electron chi connectivity index (χ1n) is 5.76. The van der Waals surface area contributed by atoms with Gasteiger partial charge in [0.05, 0.1) is 18.0 Å². The summed E-state index contributed by atoms with van der Waals surface area (Å²) in [6.45, 7) is 0. The van der Waals surface area contributed by atoms with E-state index in [0.717, 1.165) is 5.56 Å². The topological polar surface area (TPSA) is 67.9 Å². The van der Waals surface area contributed by atoms with Crippen LogP contribution in [0.1, 0.15) is 0 Å². The normalized spacial score (nSPS) is 10.6. The molecule has 94 valence electrons.